The third-order valence-electron chi connectivity index (χ3n) is 4.55. The molecule has 128 valence electrons. The van der Waals surface area contributed by atoms with Crippen molar-refractivity contribution in [3.8, 4) is 0 Å². The van der Waals surface area contributed by atoms with E-state index in [9.17, 15) is 4.79 Å². The lowest BCUT2D eigenvalue weighted by atomic mass is 10.1. The summed E-state index contributed by atoms with van der Waals surface area (Å²) < 4.78 is 5.42. The summed E-state index contributed by atoms with van der Waals surface area (Å²) in [5.74, 6) is 0. The second-order valence-corrected chi connectivity index (χ2v) is 7.52. The highest BCUT2D eigenvalue weighted by atomic mass is 16.7. The molecule has 2 bridgehead atoms. The summed E-state index contributed by atoms with van der Waals surface area (Å²) in [5.41, 5.74) is 0.641. The molecule has 0 unspecified atom stereocenters. The molecule has 0 radical (unpaired) electrons. The van der Waals surface area contributed by atoms with Gasteiger partial charge >= 0.3 is 6.09 Å². The highest BCUT2D eigenvalue weighted by molar-refractivity contribution is 5.68. The van der Waals surface area contributed by atoms with E-state index in [1.807, 2.05) is 44.0 Å². The highest BCUT2D eigenvalue weighted by Gasteiger charge is 2.60. The number of ether oxygens (including phenoxy) is 1. The predicted molar refractivity (Wildman–Crippen MR) is 85.8 cm³/mol. The number of carbonyl (C=O) groups excluding carboxylic acids is 1. The van der Waals surface area contributed by atoms with Gasteiger partial charge in [0.1, 0.15) is 23.8 Å². The average molecular weight is 330 g/mol. The van der Waals surface area contributed by atoms with Crippen molar-refractivity contribution in [2.75, 3.05) is 0 Å². The van der Waals surface area contributed by atoms with Crippen LogP contribution < -0.4 is 0 Å². The summed E-state index contributed by atoms with van der Waals surface area (Å²) in [5, 5.41) is 12.1. The maximum absolute atomic E-state index is 12.3. The van der Waals surface area contributed by atoms with Crippen LogP contribution in [0, 0.1) is 0 Å². The third kappa shape index (κ3) is 2.62. The van der Waals surface area contributed by atoms with Crippen molar-refractivity contribution in [1.82, 2.24) is 10.1 Å². The van der Waals surface area contributed by atoms with Gasteiger partial charge < -0.3 is 4.74 Å². The van der Waals surface area contributed by atoms with Crippen LogP contribution in [0.3, 0.4) is 0 Å². The summed E-state index contributed by atoms with van der Waals surface area (Å²) >= 11 is 0. The van der Waals surface area contributed by atoms with Crippen LogP contribution in [0.15, 0.2) is 40.7 Å². The fourth-order valence-electron chi connectivity index (χ4n) is 3.62. The Morgan fingerprint density at radius 1 is 1.33 bits per heavy atom. The van der Waals surface area contributed by atoms with Crippen LogP contribution in [0.1, 0.15) is 32.8 Å². The fraction of sp³-hybridized carbons (Fsp3) is 0.588. The van der Waals surface area contributed by atoms with Crippen LogP contribution in [-0.4, -0.2) is 46.0 Å². The van der Waals surface area contributed by atoms with Crippen molar-refractivity contribution in [3.05, 3.63) is 35.9 Å². The van der Waals surface area contributed by atoms with E-state index in [1.165, 1.54) is 10.6 Å². The number of nitrogens with zero attached hydrogens (tertiary/aromatic N) is 4. The Hall–Kier alpha value is -2.15. The number of hydrogen-bond acceptors (Lipinski definition) is 6. The molecular formula is C17H22N4O3. The first-order valence-corrected chi connectivity index (χ1v) is 8.33. The zero-order chi connectivity index (χ0) is 16.9. The summed E-state index contributed by atoms with van der Waals surface area (Å²) in [6.45, 7) is 6.24. The van der Waals surface area contributed by atoms with Crippen LogP contribution in [0.25, 0.3) is 0 Å². The van der Waals surface area contributed by atoms with Gasteiger partial charge in [0.2, 0.25) is 0 Å². The minimum absolute atomic E-state index is 0.0417. The first-order chi connectivity index (χ1) is 11.4. The van der Waals surface area contributed by atoms with Gasteiger partial charge in [0.25, 0.3) is 0 Å². The second kappa shape index (κ2) is 5.44. The Labute approximate surface area is 141 Å². The quantitative estimate of drug-likeness (QED) is 0.836. The normalized spacial score (nSPS) is 30.8. The number of rotatable bonds is 2. The van der Waals surface area contributed by atoms with Crippen molar-refractivity contribution in [2.45, 2.75) is 63.6 Å². The topological polar surface area (TPSA) is 66.7 Å². The Morgan fingerprint density at radius 3 is 2.79 bits per heavy atom. The van der Waals surface area contributed by atoms with Crippen molar-refractivity contribution < 1.29 is 14.4 Å². The zero-order valence-electron chi connectivity index (χ0n) is 14.1. The summed E-state index contributed by atoms with van der Waals surface area (Å²) in [7, 11) is 0. The molecule has 1 aliphatic carbocycles. The van der Waals surface area contributed by atoms with Crippen LogP contribution >= 0.6 is 0 Å². The lowest BCUT2D eigenvalue weighted by Gasteiger charge is -2.35. The molecule has 0 N–H and O–H groups in total. The number of hydroxylamine groups is 2. The molecule has 1 amide bonds. The SMILES string of the molecule is CC(C)(C)OC(=O)N1O[C@H]2C[C@@H]1[C@@H]1N=NN(Cc3ccccc3)[C@@H]12. The molecule has 0 spiro atoms. The average Bonchev–Trinajstić information content (AvgIpc) is 3.18. The highest BCUT2D eigenvalue weighted by Crippen LogP contribution is 2.44. The molecule has 2 heterocycles. The Morgan fingerprint density at radius 2 is 2.08 bits per heavy atom. The van der Waals surface area contributed by atoms with Gasteiger partial charge in [0.05, 0.1) is 12.6 Å². The molecule has 1 aromatic rings. The fourth-order valence-corrected chi connectivity index (χ4v) is 3.62. The number of carbonyl (C=O) groups is 1. The van der Waals surface area contributed by atoms with Crippen LogP contribution in [0.5, 0.6) is 0 Å². The molecule has 7 heteroatoms. The van der Waals surface area contributed by atoms with E-state index >= 15 is 0 Å². The second-order valence-electron chi connectivity index (χ2n) is 7.52. The zero-order valence-corrected chi connectivity index (χ0v) is 14.1. The van der Waals surface area contributed by atoms with Gasteiger partial charge in [-0.2, -0.15) is 10.2 Å². The van der Waals surface area contributed by atoms with Crippen LogP contribution in [0.4, 0.5) is 4.79 Å². The molecule has 7 nitrogen and oxygen atoms in total. The first-order valence-electron chi connectivity index (χ1n) is 8.33. The van der Waals surface area contributed by atoms with E-state index in [1.54, 1.807) is 0 Å². The largest absolute Gasteiger partial charge is 0.442 e. The van der Waals surface area contributed by atoms with Gasteiger partial charge in [-0.05, 0) is 26.3 Å². The van der Waals surface area contributed by atoms with E-state index in [4.69, 9.17) is 9.57 Å². The van der Waals surface area contributed by atoms with Gasteiger partial charge in [-0.1, -0.05) is 35.6 Å². The smallest absolute Gasteiger partial charge is 0.434 e. The third-order valence-corrected chi connectivity index (χ3v) is 4.55. The monoisotopic (exact) mass is 330 g/mol. The maximum atomic E-state index is 12.3. The van der Waals surface area contributed by atoms with Crippen LogP contribution in [-0.2, 0) is 16.1 Å². The summed E-state index contributed by atoms with van der Waals surface area (Å²) in [4.78, 5) is 18.2. The standard InChI is InChI=1S/C17H22N4O3/c1-17(2,3)23-16(22)21-12-9-13(24-21)15-14(12)18-19-20(15)10-11-7-5-4-6-8-11/h4-8,12-15H,9-10H2,1-3H3/t12-,13+,14+,15-/m1/s1. The molecular weight excluding hydrogens is 308 g/mol. The molecule has 0 aromatic heterocycles. The van der Waals surface area contributed by atoms with Crippen LogP contribution in [0.2, 0.25) is 0 Å². The van der Waals surface area contributed by atoms with E-state index in [0.717, 1.165) is 6.42 Å². The minimum Gasteiger partial charge on any atom is -0.442 e. The predicted octanol–water partition coefficient (Wildman–Crippen LogP) is 2.93. The van der Waals surface area contributed by atoms with Gasteiger partial charge in [0, 0.05) is 6.42 Å². The lowest BCUT2D eigenvalue weighted by molar-refractivity contribution is -0.188. The molecule has 1 saturated carbocycles. The Bertz CT molecular complexity index is 658. The van der Waals surface area contributed by atoms with E-state index in [-0.39, 0.29) is 24.2 Å². The molecule has 2 fully saturated rings. The van der Waals surface area contributed by atoms with Gasteiger partial charge in [-0.25, -0.2) is 4.79 Å². The number of amides is 1. The molecule has 24 heavy (non-hydrogen) atoms. The Kier molecular flexibility index (Phi) is 3.49. The van der Waals surface area contributed by atoms with Crippen molar-refractivity contribution in [2.24, 2.45) is 10.3 Å². The van der Waals surface area contributed by atoms with Gasteiger partial charge in [-0.15, -0.1) is 0 Å². The first kappa shape index (κ1) is 15.4. The summed E-state index contributed by atoms with van der Waals surface area (Å²) in [6.07, 6.45) is 0.259. The number of benzene rings is 1. The number of fused-ring (bicyclic) bond motifs is 5. The molecule has 3 aliphatic rings. The van der Waals surface area contributed by atoms with Crippen molar-refractivity contribution in [1.29, 1.82) is 0 Å². The Balaban J connectivity index is 1.44. The molecule has 1 aromatic carbocycles. The molecule has 1 saturated heterocycles. The molecule has 4 rings (SSSR count). The van der Waals surface area contributed by atoms with E-state index in [2.05, 4.69) is 22.5 Å². The minimum atomic E-state index is -0.543. The maximum Gasteiger partial charge on any atom is 0.434 e. The lowest BCUT2D eigenvalue weighted by Crippen LogP contribution is -2.53. The number of hydrogen-bond donors (Lipinski definition) is 0. The molecule has 4 atom stereocenters. The van der Waals surface area contributed by atoms with E-state index in [0.29, 0.717) is 6.54 Å². The van der Waals surface area contributed by atoms with Crippen molar-refractivity contribution in [3.63, 3.8) is 0 Å². The summed E-state index contributed by atoms with van der Waals surface area (Å²) in [6, 6.07) is 10.1. The van der Waals surface area contributed by atoms with Gasteiger partial charge in [-0.3, -0.25) is 9.85 Å². The van der Waals surface area contributed by atoms with Crippen molar-refractivity contribution >= 4 is 6.09 Å². The van der Waals surface area contributed by atoms with Gasteiger partial charge in [0.15, 0.2) is 0 Å². The molecule has 2 aliphatic heterocycles. The van der Waals surface area contributed by atoms with E-state index < -0.39 is 11.7 Å².